The molecule has 0 spiro atoms. The molecule has 19 heavy (non-hydrogen) atoms. The summed E-state index contributed by atoms with van der Waals surface area (Å²) in [6.45, 7) is 2.59. The van der Waals surface area contributed by atoms with Crippen molar-refractivity contribution in [3.63, 3.8) is 0 Å². The molecule has 1 aromatic rings. The Morgan fingerprint density at radius 1 is 1.26 bits per heavy atom. The number of rotatable bonds is 5. The first-order valence-corrected chi connectivity index (χ1v) is 5.99. The van der Waals surface area contributed by atoms with Gasteiger partial charge in [-0.3, -0.25) is 0 Å². The van der Waals surface area contributed by atoms with Crippen LogP contribution in [0.3, 0.4) is 0 Å². The summed E-state index contributed by atoms with van der Waals surface area (Å²) < 4.78 is 56.2. The molecule has 2 nitrogen and oxygen atoms in total. The second-order valence-corrected chi connectivity index (χ2v) is 4.33. The fourth-order valence-corrected chi connectivity index (χ4v) is 1.62. The lowest BCUT2D eigenvalue weighted by molar-refractivity contribution is -0.230. The molecule has 0 heterocycles. The van der Waals surface area contributed by atoms with Crippen molar-refractivity contribution < 1.29 is 22.3 Å². The van der Waals surface area contributed by atoms with Crippen LogP contribution < -0.4 is 5.73 Å². The lowest BCUT2D eigenvalue weighted by atomic mass is 10.00. The predicted octanol–water partition coefficient (Wildman–Crippen LogP) is 3.57. The van der Waals surface area contributed by atoms with E-state index in [4.69, 9.17) is 10.5 Å². The van der Waals surface area contributed by atoms with Gasteiger partial charge in [0.25, 0.3) is 0 Å². The van der Waals surface area contributed by atoms with E-state index < -0.39 is 30.2 Å². The van der Waals surface area contributed by atoms with Crippen molar-refractivity contribution in [1.29, 1.82) is 0 Å². The molecule has 1 aromatic carbocycles. The quantitative estimate of drug-likeness (QED) is 0.836. The van der Waals surface area contributed by atoms with Crippen LogP contribution in [0.1, 0.15) is 31.9 Å². The molecule has 0 fully saturated rings. The van der Waals surface area contributed by atoms with E-state index in [9.17, 15) is 17.6 Å². The number of halogens is 4. The third-order valence-corrected chi connectivity index (χ3v) is 2.88. The zero-order chi connectivity index (χ0) is 14.6. The summed E-state index contributed by atoms with van der Waals surface area (Å²) in [6.07, 6.45) is -7.25. The highest BCUT2D eigenvalue weighted by Gasteiger charge is 2.40. The Balaban J connectivity index is 3.00. The minimum Gasteiger partial charge on any atom is -0.359 e. The van der Waals surface area contributed by atoms with E-state index in [-0.39, 0.29) is 5.56 Å². The summed E-state index contributed by atoms with van der Waals surface area (Å²) in [6, 6.07) is 4.85. The molecule has 0 radical (unpaired) electrons. The SMILES string of the molecule is CCC(N)C(OC(C)C(F)(F)F)c1ccccc1F. The van der Waals surface area contributed by atoms with Crippen LogP contribution in [-0.2, 0) is 4.74 Å². The smallest absolute Gasteiger partial charge is 0.359 e. The Kier molecular flexibility index (Phi) is 5.31. The van der Waals surface area contributed by atoms with Crippen molar-refractivity contribution in [3.8, 4) is 0 Å². The maximum Gasteiger partial charge on any atom is 0.414 e. The summed E-state index contributed by atoms with van der Waals surface area (Å²) in [4.78, 5) is 0. The van der Waals surface area contributed by atoms with Gasteiger partial charge in [-0.25, -0.2) is 4.39 Å². The molecule has 3 unspecified atom stereocenters. The lowest BCUT2D eigenvalue weighted by Crippen LogP contribution is -2.37. The van der Waals surface area contributed by atoms with Crippen LogP contribution in [0.4, 0.5) is 17.6 Å². The van der Waals surface area contributed by atoms with Gasteiger partial charge >= 0.3 is 6.18 Å². The molecular weight excluding hydrogens is 262 g/mol. The van der Waals surface area contributed by atoms with Gasteiger partial charge in [0.15, 0.2) is 6.10 Å². The van der Waals surface area contributed by atoms with Crippen molar-refractivity contribution in [3.05, 3.63) is 35.6 Å². The normalized spacial score (nSPS) is 17.0. The molecule has 0 aromatic heterocycles. The number of hydrogen-bond acceptors (Lipinski definition) is 2. The van der Waals surface area contributed by atoms with Crippen LogP contribution in [0.25, 0.3) is 0 Å². The Bertz CT molecular complexity index is 408. The zero-order valence-corrected chi connectivity index (χ0v) is 10.7. The van der Waals surface area contributed by atoms with Gasteiger partial charge in [-0.15, -0.1) is 0 Å². The number of ether oxygens (including phenoxy) is 1. The van der Waals surface area contributed by atoms with E-state index in [1.165, 1.54) is 24.3 Å². The van der Waals surface area contributed by atoms with Crippen molar-refractivity contribution in [1.82, 2.24) is 0 Å². The topological polar surface area (TPSA) is 35.2 Å². The van der Waals surface area contributed by atoms with Crippen molar-refractivity contribution in [2.75, 3.05) is 0 Å². The zero-order valence-electron chi connectivity index (χ0n) is 10.7. The first kappa shape index (κ1) is 15.9. The van der Waals surface area contributed by atoms with Gasteiger partial charge in [0.1, 0.15) is 11.9 Å². The van der Waals surface area contributed by atoms with Crippen molar-refractivity contribution >= 4 is 0 Å². The van der Waals surface area contributed by atoms with Crippen LogP contribution in [0.5, 0.6) is 0 Å². The molecule has 0 saturated heterocycles. The highest BCUT2D eigenvalue weighted by molar-refractivity contribution is 5.21. The van der Waals surface area contributed by atoms with Crippen LogP contribution in [0.15, 0.2) is 24.3 Å². The highest BCUT2D eigenvalue weighted by atomic mass is 19.4. The van der Waals surface area contributed by atoms with E-state index in [1.54, 1.807) is 6.92 Å². The highest BCUT2D eigenvalue weighted by Crippen LogP contribution is 2.31. The predicted molar refractivity (Wildman–Crippen MR) is 64.0 cm³/mol. The maximum atomic E-state index is 13.7. The van der Waals surface area contributed by atoms with E-state index in [0.717, 1.165) is 6.92 Å². The maximum absolute atomic E-state index is 13.7. The van der Waals surface area contributed by atoms with Crippen LogP contribution >= 0.6 is 0 Å². The summed E-state index contributed by atoms with van der Waals surface area (Å²) in [7, 11) is 0. The van der Waals surface area contributed by atoms with E-state index in [1.807, 2.05) is 0 Å². The molecule has 1 rings (SSSR count). The molecule has 6 heteroatoms. The molecule has 0 saturated carbocycles. The Labute approximate surface area is 109 Å². The molecule has 0 aliphatic carbocycles. The number of alkyl halides is 3. The fourth-order valence-electron chi connectivity index (χ4n) is 1.62. The minimum atomic E-state index is -4.50. The van der Waals surface area contributed by atoms with E-state index in [0.29, 0.717) is 6.42 Å². The molecule has 0 bridgehead atoms. The number of hydrogen-bond donors (Lipinski definition) is 1. The van der Waals surface area contributed by atoms with Crippen LogP contribution in [-0.4, -0.2) is 18.3 Å². The van der Waals surface area contributed by atoms with Crippen molar-refractivity contribution in [2.24, 2.45) is 5.73 Å². The second-order valence-electron chi connectivity index (χ2n) is 4.33. The van der Waals surface area contributed by atoms with E-state index >= 15 is 0 Å². The monoisotopic (exact) mass is 279 g/mol. The third kappa shape index (κ3) is 4.18. The van der Waals surface area contributed by atoms with Crippen LogP contribution in [0, 0.1) is 5.82 Å². The Morgan fingerprint density at radius 3 is 2.32 bits per heavy atom. The van der Waals surface area contributed by atoms with Gasteiger partial charge in [0, 0.05) is 11.6 Å². The lowest BCUT2D eigenvalue weighted by Gasteiger charge is -2.28. The van der Waals surface area contributed by atoms with E-state index in [2.05, 4.69) is 0 Å². The average molecular weight is 279 g/mol. The van der Waals surface area contributed by atoms with Gasteiger partial charge < -0.3 is 10.5 Å². The van der Waals surface area contributed by atoms with Crippen LogP contribution in [0.2, 0.25) is 0 Å². The summed E-state index contributed by atoms with van der Waals surface area (Å²) in [5, 5.41) is 0. The summed E-state index contributed by atoms with van der Waals surface area (Å²) in [5.41, 5.74) is 5.80. The second kappa shape index (κ2) is 6.34. The molecular formula is C13H17F4NO. The molecule has 0 aliphatic heterocycles. The summed E-state index contributed by atoms with van der Waals surface area (Å²) >= 11 is 0. The number of nitrogens with two attached hydrogens (primary N) is 1. The largest absolute Gasteiger partial charge is 0.414 e. The molecule has 0 aliphatic rings. The first-order valence-electron chi connectivity index (χ1n) is 5.99. The summed E-state index contributed by atoms with van der Waals surface area (Å²) in [5.74, 6) is -0.620. The fraction of sp³-hybridized carbons (Fsp3) is 0.538. The minimum absolute atomic E-state index is 0.0490. The van der Waals surface area contributed by atoms with Gasteiger partial charge in [-0.2, -0.15) is 13.2 Å². The average Bonchev–Trinajstić information content (AvgIpc) is 2.34. The van der Waals surface area contributed by atoms with Gasteiger partial charge in [-0.05, 0) is 19.4 Å². The standard InChI is InChI=1S/C13H17F4NO/c1-3-11(18)12(19-8(2)13(15,16)17)9-6-4-5-7-10(9)14/h4-8,11-12H,3,18H2,1-2H3. The van der Waals surface area contributed by atoms with Crippen molar-refractivity contribution in [2.45, 2.75) is 44.7 Å². The molecule has 108 valence electrons. The third-order valence-electron chi connectivity index (χ3n) is 2.88. The number of benzene rings is 1. The van der Waals surface area contributed by atoms with Gasteiger partial charge in [0.2, 0.25) is 0 Å². The molecule has 2 N–H and O–H groups in total. The molecule has 0 amide bonds. The van der Waals surface area contributed by atoms with Gasteiger partial charge in [0.05, 0.1) is 0 Å². The van der Waals surface area contributed by atoms with Gasteiger partial charge in [-0.1, -0.05) is 25.1 Å². The first-order chi connectivity index (χ1) is 8.77. The Morgan fingerprint density at radius 2 is 1.84 bits per heavy atom. The molecule has 3 atom stereocenters. The Hall–Kier alpha value is -1.14.